The Morgan fingerprint density at radius 2 is 1.64 bits per heavy atom. The smallest absolute Gasteiger partial charge is 0.339 e. The molecular weight excluding hydrogens is 470 g/mol. The molecule has 11 heteroatoms. The molecule has 0 saturated heterocycles. The number of hydrogen-bond donors (Lipinski definition) is 1. The van der Waals surface area contributed by atoms with Gasteiger partial charge in [-0.3, -0.25) is 14.9 Å². The molecule has 33 heavy (non-hydrogen) atoms. The number of nitro groups is 1. The van der Waals surface area contributed by atoms with E-state index in [2.05, 4.69) is 5.32 Å². The van der Waals surface area contributed by atoms with Gasteiger partial charge in [0.2, 0.25) is 0 Å². The van der Waals surface area contributed by atoms with E-state index in [4.69, 9.17) is 15.8 Å². The van der Waals surface area contributed by atoms with Crippen LogP contribution in [-0.4, -0.2) is 19.2 Å². The second kappa shape index (κ2) is 9.95. The molecule has 0 aliphatic carbocycles. The van der Waals surface area contributed by atoms with Gasteiger partial charge in [-0.05, 0) is 60.2 Å². The number of carbonyl (C=O) groups excluding carboxylic acids is 1. The van der Waals surface area contributed by atoms with Gasteiger partial charge in [0, 0.05) is 22.8 Å². The van der Waals surface area contributed by atoms with Crippen molar-refractivity contribution in [2.75, 3.05) is 5.32 Å². The number of nitro benzene ring substituents is 1. The first kappa shape index (κ1) is 23.5. The van der Waals surface area contributed by atoms with E-state index >= 15 is 0 Å². The first-order chi connectivity index (χ1) is 15.7. The first-order valence-corrected chi connectivity index (χ1v) is 10.9. The van der Waals surface area contributed by atoms with E-state index in [1.54, 1.807) is 24.3 Å². The average Bonchev–Trinajstić information content (AvgIpc) is 2.80. The third-order valence-corrected chi connectivity index (χ3v) is 5.71. The lowest BCUT2D eigenvalue weighted by atomic mass is 10.1. The van der Waals surface area contributed by atoms with Crippen molar-refractivity contribution in [3.05, 3.63) is 99.1 Å². The van der Waals surface area contributed by atoms with Crippen molar-refractivity contribution in [3.8, 4) is 11.8 Å². The number of anilines is 1. The Labute approximate surface area is 193 Å². The van der Waals surface area contributed by atoms with Crippen LogP contribution in [0.2, 0.25) is 5.02 Å². The van der Waals surface area contributed by atoms with Gasteiger partial charge in [-0.1, -0.05) is 23.7 Å². The molecule has 0 spiro atoms. The molecule has 0 aliphatic rings. The molecule has 0 unspecified atom stereocenters. The summed E-state index contributed by atoms with van der Waals surface area (Å²) >= 11 is 5.80. The van der Waals surface area contributed by atoms with Crippen LogP contribution in [0.5, 0.6) is 5.75 Å². The number of carbonyl (C=O) groups is 1. The zero-order chi connectivity index (χ0) is 24.0. The van der Waals surface area contributed by atoms with E-state index in [1.165, 1.54) is 30.3 Å². The first-order valence-electron chi connectivity index (χ1n) is 9.16. The van der Waals surface area contributed by atoms with E-state index in [-0.39, 0.29) is 21.9 Å². The Bertz CT molecular complexity index is 1360. The van der Waals surface area contributed by atoms with E-state index in [0.717, 1.165) is 24.3 Å². The van der Waals surface area contributed by atoms with Crippen molar-refractivity contribution >= 4 is 45.1 Å². The van der Waals surface area contributed by atoms with E-state index in [9.17, 15) is 28.6 Å². The number of nitriles is 1. The molecule has 0 bridgehead atoms. The number of hydrogen-bond acceptors (Lipinski definition) is 7. The predicted octanol–water partition coefficient (Wildman–Crippen LogP) is 4.56. The summed E-state index contributed by atoms with van der Waals surface area (Å²) in [5, 5.41) is 23.1. The number of rotatable bonds is 7. The molecular formula is C22H14ClN3O6S. The maximum absolute atomic E-state index is 12.4. The molecule has 0 saturated carbocycles. The molecule has 0 fully saturated rings. The predicted molar refractivity (Wildman–Crippen MR) is 121 cm³/mol. The second-order valence-corrected chi connectivity index (χ2v) is 8.47. The monoisotopic (exact) mass is 483 g/mol. The van der Waals surface area contributed by atoms with Gasteiger partial charge in [0.05, 0.1) is 4.92 Å². The molecule has 0 radical (unpaired) electrons. The quantitative estimate of drug-likeness (QED) is 0.171. The standard InChI is InChI=1S/C22H14ClN3O6S/c23-17-3-5-18(6-4-17)25-22(27)16(14-24)13-15-1-9-20(10-2-15)32-33(30,31)21-11-7-19(8-12-21)26(28)29/h1-13H,(H,25,27). The number of halogens is 1. The Morgan fingerprint density at radius 3 is 2.18 bits per heavy atom. The highest BCUT2D eigenvalue weighted by Gasteiger charge is 2.18. The Morgan fingerprint density at radius 1 is 1.03 bits per heavy atom. The van der Waals surface area contributed by atoms with Gasteiger partial charge in [0.15, 0.2) is 0 Å². The maximum Gasteiger partial charge on any atom is 0.339 e. The molecule has 1 amide bonds. The van der Waals surface area contributed by atoms with Crippen molar-refractivity contribution < 1.29 is 22.3 Å². The summed E-state index contributed by atoms with van der Waals surface area (Å²) in [4.78, 5) is 22.1. The van der Waals surface area contributed by atoms with Crippen molar-refractivity contribution in [2.45, 2.75) is 4.90 Å². The molecule has 0 heterocycles. The van der Waals surface area contributed by atoms with Crippen LogP contribution >= 0.6 is 11.6 Å². The summed E-state index contributed by atoms with van der Waals surface area (Å²) in [5.41, 5.74) is 0.499. The molecule has 166 valence electrons. The van der Waals surface area contributed by atoms with Gasteiger partial charge >= 0.3 is 10.1 Å². The van der Waals surface area contributed by atoms with Crippen LogP contribution in [0.1, 0.15) is 5.56 Å². The van der Waals surface area contributed by atoms with Crippen molar-refractivity contribution in [3.63, 3.8) is 0 Å². The van der Waals surface area contributed by atoms with Crippen LogP contribution in [0.25, 0.3) is 6.08 Å². The van der Waals surface area contributed by atoms with Crippen molar-refractivity contribution in [1.82, 2.24) is 0 Å². The number of nitrogens with one attached hydrogen (secondary N) is 1. The minimum absolute atomic E-state index is 0.0189. The van der Waals surface area contributed by atoms with Gasteiger partial charge in [0.25, 0.3) is 11.6 Å². The summed E-state index contributed by atoms with van der Waals surface area (Å²) < 4.78 is 29.8. The molecule has 3 rings (SSSR count). The summed E-state index contributed by atoms with van der Waals surface area (Å²) in [5.74, 6) is -0.643. The maximum atomic E-state index is 12.4. The van der Waals surface area contributed by atoms with Crippen molar-refractivity contribution in [1.29, 1.82) is 5.26 Å². The van der Waals surface area contributed by atoms with E-state index in [1.807, 2.05) is 6.07 Å². The van der Waals surface area contributed by atoms with Gasteiger partial charge in [-0.2, -0.15) is 13.7 Å². The Hall–Kier alpha value is -4.20. The fraction of sp³-hybridized carbons (Fsp3) is 0. The molecule has 0 aliphatic heterocycles. The lowest BCUT2D eigenvalue weighted by molar-refractivity contribution is -0.384. The van der Waals surface area contributed by atoms with Crippen LogP contribution in [-0.2, 0) is 14.9 Å². The molecule has 9 nitrogen and oxygen atoms in total. The summed E-state index contributed by atoms with van der Waals surface area (Å²) in [6, 6.07) is 18.1. The third kappa shape index (κ3) is 6.16. The lowest BCUT2D eigenvalue weighted by Crippen LogP contribution is -2.13. The summed E-state index contributed by atoms with van der Waals surface area (Å²) in [6.45, 7) is 0. The largest absolute Gasteiger partial charge is 0.379 e. The van der Waals surface area contributed by atoms with Crippen LogP contribution in [0.3, 0.4) is 0 Å². The minimum Gasteiger partial charge on any atom is -0.379 e. The fourth-order valence-corrected chi connectivity index (χ4v) is 3.63. The molecule has 0 atom stereocenters. The molecule has 1 N–H and O–H groups in total. The summed E-state index contributed by atoms with van der Waals surface area (Å²) in [6.07, 6.45) is 1.33. The Balaban J connectivity index is 1.72. The SMILES string of the molecule is N#CC(=Cc1ccc(OS(=O)(=O)c2ccc([N+](=O)[O-])cc2)cc1)C(=O)Nc1ccc(Cl)cc1. The van der Waals surface area contributed by atoms with Crippen LogP contribution in [0.4, 0.5) is 11.4 Å². The van der Waals surface area contributed by atoms with Crippen LogP contribution in [0, 0.1) is 21.4 Å². The van der Waals surface area contributed by atoms with Gasteiger partial charge in [-0.15, -0.1) is 0 Å². The molecule has 3 aromatic rings. The zero-order valence-corrected chi connectivity index (χ0v) is 18.2. The van der Waals surface area contributed by atoms with Gasteiger partial charge in [-0.25, -0.2) is 0 Å². The highest BCUT2D eigenvalue weighted by Crippen LogP contribution is 2.22. The second-order valence-electron chi connectivity index (χ2n) is 6.49. The lowest BCUT2D eigenvalue weighted by Gasteiger charge is -2.07. The van der Waals surface area contributed by atoms with Crippen LogP contribution in [0.15, 0.2) is 83.3 Å². The van der Waals surface area contributed by atoms with Crippen molar-refractivity contribution in [2.24, 2.45) is 0 Å². The number of non-ortho nitro benzene ring substituents is 1. The van der Waals surface area contributed by atoms with Crippen LogP contribution < -0.4 is 9.50 Å². The summed E-state index contributed by atoms with van der Waals surface area (Å²) in [7, 11) is -4.21. The fourth-order valence-electron chi connectivity index (χ4n) is 2.58. The third-order valence-electron chi connectivity index (χ3n) is 4.20. The molecule has 0 aromatic heterocycles. The topological polar surface area (TPSA) is 139 Å². The zero-order valence-electron chi connectivity index (χ0n) is 16.6. The normalized spacial score (nSPS) is 11.3. The van der Waals surface area contributed by atoms with Gasteiger partial charge < -0.3 is 9.50 Å². The molecule has 3 aromatic carbocycles. The highest BCUT2D eigenvalue weighted by atomic mass is 35.5. The number of amides is 1. The van der Waals surface area contributed by atoms with E-state index < -0.39 is 20.9 Å². The minimum atomic E-state index is -4.21. The van der Waals surface area contributed by atoms with E-state index in [0.29, 0.717) is 16.3 Å². The highest BCUT2D eigenvalue weighted by molar-refractivity contribution is 7.87. The Kier molecular flexibility index (Phi) is 7.07. The van der Waals surface area contributed by atoms with Gasteiger partial charge in [0.1, 0.15) is 22.3 Å². The average molecular weight is 484 g/mol. The number of benzene rings is 3. The number of nitrogens with zero attached hydrogens (tertiary/aromatic N) is 2.